The molecule has 6 nitrogen and oxygen atoms in total. The quantitative estimate of drug-likeness (QED) is 0.837. The number of aromatic nitrogens is 4. The first-order valence-corrected chi connectivity index (χ1v) is 7.52. The van der Waals surface area contributed by atoms with Crippen LogP contribution in [0.15, 0.2) is 18.7 Å². The van der Waals surface area contributed by atoms with Gasteiger partial charge < -0.3 is 10.2 Å². The Morgan fingerprint density at radius 3 is 3.25 bits per heavy atom. The van der Waals surface area contributed by atoms with Gasteiger partial charge in [0.2, 0.25) is 5.65 Å². The Hall–Kier alpha value is -1.69. The van der Waals surface area contributed by atoms with Crippen LogP contribution < -0.4 is 10.2 Å². The minimum absolute atomic E-state index is 0.505. The van der Waals surface area contributed by atoms with Gasteiger partial charge in [-0.2, -0.15) is 0 Å². The number of piperidine rings is 1. The summed E-state index contributed by atoms with van der Waals surface area (Å²) in [7, 11) is 0. The predicted molar refractivity (Wildman–Crippen MR) is 78.9 cm³/mol. The topological polar surface area (TPSA) is 58.4 Å². The van der Waals surface area contributed by atoms with Crippen LogP contribution in [0.1, 0.15) is 32.6 Å². The molecule has 1 fully saturated rings. The molecule has 0 aromatic carbocycles. The fourth-order valence-electron chi connectivity index (χ4n) is 2.88. The minimum atomic E-state index is 0.505. The number of hydrogen-bond donors (Lipinski definition) is 1. The molecule has 1 saturated heterocycles. The lowest BCUT2D eigenvalue weighted by Gasteiger charge is -2.36. The number of anilines is 1. The van der Waals surface area contributed by atoms with E-state index in [4.69, 9.17) is 0 Å². The first-order chi connectivity index (χ1) is 9.90. The first-order valence-electron chi connectivity index (χ1n) is 7.52. The molecule has 0 saturated carbocycles. The van der Waals surface area contributed by atoms with Gasteiger partial charge in [-0.15, -0.1) is 10.2 Å². The van der Waals surface area contributed by atoms with Crippen molar-refractivity contribution in [1.29, 1.82) is 0 Å². The summed E-state index contributed by atoms with van der Waals surface area (Å²) < 4.78 is 1.94. The molecular formula is C14H22N6. The Kier molecular flexibility index (Phi) is 4.11. The van der Waals surface area contributed by atoms with Gasteiger partial charge in [0.1, 0.15) is 6.33 Å². The van der Waals surface area contributed by atoms with Crippen LogP contribution in [0.2, 0.25) is 0 Å². The molecule has 0 amide bonds. The maximum atomic E-state index is 4.56. The number of nitrogens with zero attached hydrogens (tertiary/aromatic N) is 5. The third kappa shape index (κ3) is 2.60. The van der Waals surface area contributed by atoms with Crippen LogP contribution in [0.5, 0.6) is 0 Å². The zero-order chi connectivity index (χ0) is 13.8. The largest absolute Gasteiger partial charge is 0.349 e. The molecule has 0 spiro atoms. The highest BCUT2D eigenvalue weighted by Gasteiger charge is 2.25. The Morgan fingerprint density at radius 2 is 2.35 bits per heavy atom. The van der Waals surface area contributed by atoms with Gasteiger partial charge in [0.15, 0.2) is 5.82 Å². The van der Waals surface area contributed by atoms with Crippen molar-refractivity contribution in [3.8, 4) is 0 Å². The van der Waals surface area contributed by atoms with Crippen molar-refractivity contribution in [2.24, 2.45) is 0 Å². The molecule has 2 aromatic heterocycles. The zero-order valence-electron chi connectivity index (χ0n) is 12.0. The molecule has 2 aromatic rings. The van der Waals surface area contributed by atoms with Crippen LogP contribution in [-0.4, -0.2) is 45.3 Å². The third-order valence-electron chi connectivity index (χ3n) is 3.90. The number of fused-ring (bicyclic) bond motifs is 1. The van der Waals surface area contributed by atoms with E-state index >= 15 is 0 Å². The van der Waals surface area contributed by atoms with Crippen molar-refractivity contribution in [3.05, 3.63) is 18.7 Å². The summed E-state index contributed by atoms with van der Waals surface area (Å²) in [5, 5.41) is 11.7. The van der Waals surface area contributed by atoms with Crippen molar-refractivity contribution in [1.82, 2.24) is 24.9 Å². The van der Waals surface area contributed by atoms with E-state index in [1.165, 1.54) is 25.7 Å². The standard InChI is InChI=1S/C14H22N6/c1-2-6-15-10-12-5-3-4-8-20(12)13-14-18-17-11-19(14)9-7-16-13/h7,9,11-12,15H,2-6,8,10H2,1H3. The van der Waals surface area contributed by atoms with Crippen molar-refractivity contribution < 1.29 is 0 Å². The van der Waals surface area contributed by atoms with E-state index in [2.05, 4.69) is 32.3 Å². The van der Waals surface area contributed by atoms with Crippen molar-refractivity contribution in [2.75, 3.05) is 24.5 Å². The van der Waals surface area contributed by atoms with Crippen LogP contribution in [0, 0.1) is 0 Å². The van der Waals surface area contributed by atoms with Crippen LogP contribution in [0.25, 0.3) is 5.65 Å². The maximum absolute atomic E-state index is 4.56. The van der Waals surface area contributed by atoms with Gasteiger partial charge in [0.25, 0.3) is 0 Å². The summed E-state index contributed by atoms with van der Waals surface area (Å²) in [6.45, 7) is 5.35. The summed E-state index contributed by atoms with van der Waals surface area (Å²) in [5.74, 6) is 0.966. The van der Waals surface area contributed by atoms with Crippen molar-refractivity contribution >= 4 is 11.5 Å². The monoisotopic (exact) mass is 274 g/mol. The highest BCUT2D eigenvalue weighted by Crippen LogP contribution is 2.25. The fourth-order valence-corrected chi connectivity index (χ4v) is 2.88. The van der Waals surface area contributed by atoms with Crippen LogP contribution in [-0.2, 0) is 0 Å². The molecule has 0 aliphatic carbocycles. The highest BCUT2D eigenvalue weighted by molar-refractivity contribution is 5.63. The molecule has 1 aliphatic rings. The lowest BCUT2D eigenvalue weighted by molar-refractivity contribution is 0.433. The highest BCUT2D eigenvalue weighted by atomic mass is 15.3. The molecule has 1 aliphatic heterocycles. The van der Waals surface area contributed by atoms with Crippen LogP contribution in [0.3, 0.4) is 0 Å². The van der Waals surface area contributed by atoms with E-state index in [0.717, 1.165) is 31.1 Å². The second-order valence-electron chi connectivity index (χ2n) is 5.36. The van der Waals surface area contributed by atoms with Gasteiger partial charge in [0, 0.05) is 31.5 Å². The van der Waals surface area contributed by atoms with E-state index in [-0.39, 0.29) is 0 Å². The molecular weight excluding hydrogens is 252 g/mol. The van der Waals surface area contributed by atoms with E-state index in [0.29, 0.717) is 6.04 Å². The van der Waals surface area contributed by atoms with Gasteiger partial charge >= 0.3 is 0 Å². The van der Waals surface area contributed by atoms with E-state index in [9.17, 15) is 0 Å². The molecule has 1 unspecified atom stereocenters. The van der Waals surface area contributed by atoms with Crippen LogP contribution in [0.4, 0.5) is 5.82 Å². The fraction of sp³-hybridized carbons (Fsp3) is 0.643. The normalized spacial score (nSPS) is 19.6. The van der Waals surface area contributed by atoms with Crippen molar-refractivity contribution in [2.45, 2.75) is 38.6 Å². The van der Waals surface area contributed by atoms with Gasteiger partial charge in [-0.3, -0.25) is 4.40 Å². The van der Waals surface area contributed by atoms with Gasteiger partial charge in [-0.05, 0) is 32.2 Å². The summed E-state index contributed by atoms with van der Waals surface area (Å²) in [4.78, 5) is 6.96. The second-order valence-corrected chi connectivity index (χ2v) is 5.36. The molecule has 0 bridgehead atoms. The van der Waals surface area contributed by atoms with E-state index in [1.54, 1.807) is 6.33 Å². The Bertz CT molecular complexity index is 551. The zero-order valence-corrected chi connectivity index (χ0v) is 12.0. The Labute approximate surface area is 119 Å². The Balaban J connectivity index is 1.83. The molecule has 3 heterocycles. The third-order valence-corrected chi connectivity index (χ3v) is 3.90. The molecule has 108 valence electrons. The second kappa shape index (κ2) is 6.17. The minimum Gasteiger partial charge on any atom is -0.349 e. The Morgan fingerprint density at radius 1 is 1.40 bits per heavy atom. The molecule has 3 rings (SSSR count). The summed E-state index contributed by atoms with van der Waals surface area (Å²) in [6, 6.07) is 0.505. The van der Waals surface area contributed by atoms with Gasteiger partial charge in [0.05, 0.1) is 0 Å². The number of nitrogens with one attached hydrogen (secondary N) is 1. The summed E-state index contributed by atoms with van der Waals surface area (Å²) in [5.41, 5.74) is 0.856. The smallest absolute Gasteiger partial charge is 0.203 e. The molecule has 20 heavy (non-hydrogen) atoms. The lowest BCUT2D eigenvalue weighted by Crippen LogP contribution is -2.46. The maximum Gasteiger partial charge on any atom is 0.203 e. The summed E-state index contributed by atoms with van der Waals surface area (Å²) in [6.07, 6.45) is 10.4. The van der Waals surface area contributed by atoms with Gasteiger partial charge in [-0.1, -0.05) is 6.92 Å². The lowest BCUT2D eigenvalue weighted by atomic mass is 10.0. The van der Waals surface area contributed by atoms with Crippen molar-refractivity contribution in [3.63, 3.8) is 0 Å². The summed E-state index contributed by atoms with van der Waals surface area (Å²) >= 11 is 0. The number of rotatable bonds is 5. The predicted octanol–water partition coefficient (Wildman–Crippen LogP) is 1.48. The van der Waals surface area contributed by atoms with Crippen LogP contribution >= 0.6 is 0 Å². The average Bonchev–Trinajstić information content (AvgIpc) is 2.96. The molecule has 0 radical (unpaired) electrons. The van der Waals surface area contributed by atoms with E-state index < -0.39 is 0 Å². The molecule has 1 atom stereocenters. The SMILES string of the molecule is CCCNCC1CCCCN1c1nccn2cnnc12. The molecule has 1 N–H and O–H groups in total. The van der Waals surface area contributed by atoms with Gasteiger partial charge in [-0.25, -0.2) is 4.98 Å². The molecule has 6 heteroatoms. The number of hydrogen-bond acceptors (Lipinski definition) is 5. The average molecular weight is 274 g/mol. The first kappa shape index (κ1) is 13.3. The van der Waals surface area contributed by atoms with E-state index in [1.807, 2.05) is 16.8 Å².